The third-order valence-electron chi connectivity index (χ3n) is 6.59. The van der Waals surface area contributed by atoms with Gasteiger partial charge in [0.1, 0.15) is 18.3 Å². The summed E-state index contributed by atoms with van der Waals surface area (Å²) in [6.07, 6.45) is 0.293. The first-order chi connectivity index (χ1) is 20.1. The van der Waals surface area contributed by atoms with Crippen LogP contribution in [0.3, 0.4) is 0 Å². The molecule has 3 rings (SSSR count). The molecule has 0 unspecified atom stereocenters. The molecule has 42 heavy (non-hydrogen) atoms. The lowest BCUT2D eigenvalue weighted by atomic mass is 10.1. The number of nitrogens with one attached hydrogen (secondary N) is 1. The first-order valence-electron chi connectivity index (χ1n) is 13.3. The van der Waals surface area contributed by atoms with Crippen LogP contribution >= 0.6 is 11.6 Å². The van der Waals surface area contributed by atoms with E-state index in [2.05, 4.69) is 5.32 Å². The molecule has 0 saturated carbocycles. The Kier molecular flexibility index (Phi) is 11.5. The van der Waals surface area contributed by atoms with Crippen molar-refractivity contribution in [2.75, 3.05) is 38.7 Å². The molecule has 3 aromatic rings. The van der Waals surface area contributed by atoms with Gasteiger partial charge in [-0.2, -0.15) is 0 Å². The lowest BCUT2D eigenvalue weighted by molar-refractivity contribution is -0.140. The SMILES string of the molecule is CCOc1ccc(N(CC(=O)N(Cc2ccccc2Cl)[C@H](CC)C(=O)NC)S(=O)(=O)c2ccc(OC)c(OC)c2)cc1. The zero-order chi connectivity index (χ0) is 30.9. The predicted octanol–water partition coefficient (Wildman–Crippen LogP) is 4.50. The number of carbonyl (C=O) groups excluding carboxylic acids is 2. The highest BCUT2D eigenvalue weighted by Gasteiger charge is 2.34. The van der Waals surface area contributed by atoms with Crippen LogP contribution in [-0.2, 0) is 26.2 Å². The van der Waals surface area contributed by atoms with E-state index in [0.29, 0.717) is 35.1 Å². The van der Waals surface area contributed by atoms with E-state index >= 15 is 0 Å². The number of methoxy groups -OCH3 is 2. The van der Waals surface area contributed by atoms with Gasteiger partial charge in [0.05, 0.1) is 31.4 Å². The summed E-state index contributed by atoms with van der Waals surface area (Å²) in [7, 11) is 0.00780. The van der Waals surface area contributed by atoms with E-state index in [0.717, 1.165) is 4.31 Å². The molecule has 0 bridgehead atoms. The van der Waals surface area contributed by atoms with Crippen molar-refractivity contribution >= 4 is 39.1 Å². The van der Waals surface area contributed by atoms with E-state index in [-0.39, 0.29) is 28.8 Å². The minimum atomic E-state index is -4.32. The second-order valence-electron chi connectivity index (χ2n) is 9.11. The molecule has 10 nitrogen and oxygen atoms in total. The number of likely N-dealkylation sites (N-methyl/N-ethyl adjacent to an activating group) is 1. The fraction of sp³-hybridized carbons (Fsp3) is 0.333. The van der Waals surface area contributed by atoms with Crippen LogP contribution in [0.15, 0.2) is 71.6 Å². The number of rotatable bonds is 14. The van der Waals surface area contributed by atoms with Crippen molar-refractivity contribution < 1.29 is 32.2 Å². The Morgan fingerprint density at radius 3 is 2.19 bits per heavy atom. The van der Waals surface area contributed by atoms with Gasteiger partial charge in [-0.05, 0) is 61.4 Å². The largest absolute Gasteiger partial charge is 0.494 e. The zero-order valence-corrected chi connectivity index (χ0v) is 25.9. The second kappa shape index (κ2) is 14.8. The van der Waals surface area contributed by atoms with Gasteiger partial charge in [0.2, 0.25) is 11.8 Å². The van der Waals surface area contributed by atoms with Gasteiger partial charge in [-0.15, -0.1) is 0 Å². The maximum absolute atomic E-state index is 14.1. The molecule has 1 atom stereocenters. The molecule has 12 heteroatoms. The summed E-state index contributed by atoms with van der Waals surface area (Å²) in [6.45, 7) is 3.45. The van der Waals surface area contributed by atoms with Crippen molar-refractivity contribution in [1.82, 2.24) is 10.2 Å². The lowest BCUT2D eigenvalue weighted by Gasteiger charge is -2.33. The van der Waals surface area contributed by atoms with Crippen LogP contribution < -0.4 is 23.8 Å². The smallest absolute Gasteiger partial charge is 0.264 e. The van der Waals surface area contributed by atoms with Crippen LogP contribution in [0.2, 0.25) is 5.02 Å². The number of halogens is 1. The van der Waals surface area contributed by atoms with Crippen molar-refractivity contribution in [3.63, 3.8) is 0 Å². The first kappa shape index (κ1) is 32.6. The van der Waals surface area contributed by atoms with Gasteiger partial charge in [-0.1, -0.05) is 36.7 Å². The van der Waals surface area contributed by atoms with Crippen molar-refractivity contribution in [2.45, 2.75) is 37.8 Å². The molecule has 1 N–H and O–H groups in total. The molecule has 0 saturated heterocycles. The minimum Gasteiger partial charge on any atom is -0.494 e. The van der Waals surface area contributed by atoms with E-state index in [4.69, 9.17) is 25.8 Å². The van der Waals surface area contributed by atoms with Crippen LogP contribution in [0, 0.1) is 0 Å². The monoisotopic (exact) mass is 617 g/mol. The molecule has 0 aromatic heterocycles. The van der Waals surface area contributed by atoms with E-state index in [1.54, 1.807) is 55.5 Å². The molecule has 0 aliphatic rings. The number of benzene rings is 3. The van der Waals surface area contributed by atoms with Crippen molar-refractivity contribution in [3.05, 3.63) is 77.3 Å². The number of hydrogen-bond donors (Lipinski definition) is 1. The summed E-state index contributed by atoms with van der Waals surface area (Å²) < 4.78 is 45.4. The number of carbonyl (C=O) groups is 2. The van der Waals surface area contributed by atoms with E-state index in [1.807, 2.05) is 6.92 Å². The third kappa shape index (κ3) is 7.46. The molecule has 0 radical (unpaired) electrons. The molecular weight excluding hydrogens is 582 g/mol. The molecule has 0 fully saturated rings. The molecule has 0 aliphatic carbocycles. The Hall–Kier alpha value is -3.96. The first-order valence-corrected chi connectivity index (χ1v) is 15.1. The number of hydrogen-bond acceptors (Lipinski definition) is 7. The van der Waals surface area contributed by atoms with Crippen molar-refractivity contribution in [2.24, 2.45) is 0 Å². The lowest BCUT2D eigenvalue weighted by Crippen LogP contribution is -2.51. The summed E-state index contributed by atoms with van der Waals surface area (Å²) >= 11 is 6.40. The number of anilines is 1. The molecule has 3 aromatic carbocycles. The normalized spacial score (nSPS) is 11.8. The average molecular weight is 618 g/mol. The highest BCUT2D eigenvalue weighted by atomic mass is 35.5. The molecule has 0 heterocycles. The number of nitrogens with zero attached hydrogens (tertiary/aromatic N) is 2. The Morgan fingerprint density at radius 1 is 0.952 bits per heavy atom. The Morgan fingerprint density at radius 2 is 1.62 bits per heavy atom. The standard InChI is InChI=1S/C30H36ClN3O7S/c1-6-26(30(36)32-3)33(19-21-10-8-9-11-25(21)31)29(35)20-34(22-12-14-23(15-13-22)41-7-2)42(37,38)24-16-17-27(39-4)28(18-24)40-5/h8-18,26H,6-7,19-20H2,1-5H3,(H,32,36)/t26-/m1/s1. The summed E-state index contributed by atoms with van der Waals surface area (Å²) in [6, 6.07) is 16.7. The van der Waals surface area contributed by atoms with Crippen LogP contribution in [0.25, 0.3) is 0 Å². The fourth-order valence-electron chi connectivity index (χ4n) is 4.40. The van der Waals surface area contributed by atoms with Crippen LogP contribution in [-0.4, -0.2) is 65.6 Å². The minimum absolute atomic E-state index is 0.00203. The fourth-order valence-corrected chi connectivity index (χ4v) is 6.03. The summed E-state index contributed by atoms with van der Waals surface area (Å²) in [4.78, 5) is 28.2. The summed E-state index contributed by atoms with van der Waals surface area (Å²) in [5, 5.41) is 3.02. The van der Waals surface area contributed by atoms with Gasteiger partial charge in [0.25, 0.3) is 10.0 Å². The molecule has 0 spiro atoms. The zero-order valence-electron chi connectivity index (χ0n) is 24.3. The summed E-state index contributed by atoms with van der Waals surface area (Å²) in [5.74, 6) is 0.128. The Balaban J connectivity index is 2.11. The van der Waals surface area contributed by atoms with Gasteiger partial charge in [0.15, 0.2) is 11.5 Å². The van der Waals surface area contributed by atoms with Crippen molar-refractivity contribution in [3.8, 4) is 17.2 Å². The van der Waals surface area contributed by atoms with Crippen LogP contribution in [0.4, 0.5) is 5.69 Å². The van der Waals surface area contributed by atoms with E-state index < -0.39 is 28.5 Å². The maximum atomic E-state index is 14.1. The molecule has 0 aliphatic heterocycles. The number of amides is 2. The number of sulfonamides is 1. The highest BCUT2D eigenvalue weighted by Crippen LogP contribution is 2.33. The predicted molar refractivity (Wildman–Crippen MR) is 162 cm³/mol. The topological polar surface area (TPSA) is 114 Å². The van der Waals surface area contributed by atoms with Crippen LogP contribution in [0.5, 0.6) is 17.2 Å². The molecule has 226 valence electrons. The van der Waals surface area contributed by atoms with Gasteiger partial charge in [-0.3, -0.25) is 13.9 Å². The Bertz CT molecular complexity index is 1480. The molecule has 2 amide bonds. The quantitative estimate of drug-likeness (QED) is 0.283. The van der Waals surface area contributed by atoms with Gasteiger partial charge < -0.3 is 24.4 Å². The van der Waals surface area contributed by atoms with Gasteiger partial charge >= 0.3 is 0 Å². The molecular formula is C30H36ClN3O7S. The average Bonchev–Trinajstić information content (AvgIpc) is 3.00. The van der Waals surface area contributed by atoms with E-state index in [1.165, 1.54) is 44.4 Å². The van der Waals surface area contributed by atoms with Crippen LogP contribution in [0.1, 0.15) is 25.8 Å². The van der Waals surface area contributed by atoms with Gasteiger partial charge in [0, 0.05) is 24.7 Å². The third-order valence-corrected chi connectivity index (χ3v) is 8.73. The van der Waals surface area contributed by atoms with E-state index in [9.17, 15) is 18.0 Å². The van der Waals surface area contributed by atoms with Gasteiger partial charge in [-0.25, -0.2) is 8.42 Å². The maximum Gasteiger partial charge on any atom is 0.264 e. The Labute approximate surface area is 252 Å². The highest BCUT2D eigenvalue weighted by molar-refractivity contribution is 7.92. The van der Waals surface area contributed by atoms with Crippen molar-refractivity contribution in [1.29, 1.82) is 0 Å². The number of ether oxygens (including phenoxy) is 3. The summed E-state index contributed by atoms with van der Waals surface area (Å²) in [5.41, 5.74) is 0.845. The second-order valence-corrected chi connectivity index (χ2v) is 11.4.